The summed E-state index contributed by atoms with van der Waals surface area (Å²) in [4.78, 5) is 2.58. The molecule has 1 atom stereocenters. The molecule has 23 heavy (non-hydrogen) atoms. The second-order valence-electron chi connectivity index (χ2n) is 7.36. The summed E-state index contributed by atoms with van der Waals surface area (Å²) in [6.07, 6.45) is 0. The average molecular weight is 322 g/mol. The quantitative estimate of drug-likeness (QED) is 0.762. The van der Waals surface area contributed by atoms with Gasteiger partial charge in [0.25, 0.3) is 0 Å². The summed E-state index contributed by atoms with van der Waals surface area (Å²) < 4.78 is 0. The summed E-state index contributed by atoms with van der Waals surface area (Å²) >= 11 is 0. The fraction of sp³-hybridized carbons (Fsp3) is 0.333. The molecule has 1 saturated heterocycles. The molecular formula is C21H27NSi. The van der Waals surface area contributed by atoms with E-state index in [0.717, 1.165) is 13.1 Å². The number of likely N-dealkylation sites (tertiary alicyclic amines) is 1. The first-order valence-corrected chi connectivity index (χ1v) is 11.7. The third-order valence-electron chi connectivity index (χ3n) is 4.88. The van der Waals surface area contributed by atoms with E-state index in [0.29, 0.717) is 5.92 Å². The summed E-state index contributed by atoms with van der Waals surface area (Å²) in [5, 5.41) is 1.53. The van der Waals surface area contributed by atoms with Gasteiger partial charge in [0.2, 0.25) is 0 Å². The Kier molecular flexibility index (Phi) is 4.84. The Morgan fingerprint density at radius 3 is 2.26 bits per heavy atom. The normalized spacial score (nSPS) is 21.0. The average Bonchev–Trinajstić information content (AvgIpc) is 2.88. The molecule has 3 rings (SSSR count). The van der Waals surface area contributed by atoms with Crippen LogP contribution in [0.5, 0.6) is 0 Å². The van der Waals surface area contributed by atoms with E-state index >= 15 is 0 Å². The van der Waals surface area contributed by atoms with Crippen LogP contribution in [0.15, 0.2) is 71.9 Å². The number of rotatable bonds is 4. The van der Waals surface area contributed by atoms with E-state index < -0.39 is 8.07 Å². The molecule has 0 saturated carbocycles. The number of benzene rings is 2. The fourth-order valence-electron chi connectivity index (χ4n) is 3.55. The van der Waals surface area contributed by atoms with Crippen molar-refractivity contribution >= 4 is 13.3 Å². The third kappa shape index (κ3) is 4.01. The molecule has 1 nitrogen and oxygen atoms in total. The van der Waals surface area contributed by atoms with Crippen LogP contribution in [0.3, 0.4) is 0 Å². The van der Waals surface area contributed by atoms with Crippen LogP contribution < -0.4 is 5.19 Å². The van der Waals surface area contributed by atoms with Gasteiger partial charge in [-0.1, -0.05) is 97.1 Å². The van der Waals surface area contributed by atoms with Crippen molar-refractivity contribution in [3.8, 4) is 0 Å². The maximum absolute atomic E-state index is 2.64. The molecule has 0 bridgehead atoms. The highest BCUT2D eigenvalue weighted by Gasteiger charge is 2.28. The Morgan fingerprint density at radius 1 is 1.00 bits per heavy atom. The van der Waals surface area contributed by atoms with Crippen LogP contribution in [-0.2, 0) is 6.54 Å². The van der Waals surface area contributed by atoms with Gasteiger partial charge in [0.15, 0.2) is 0 Å². The zero-order valence-electron chi connectivity index (χ0n) is 14.5. The lowest BCUT2D eigenvalue weighted by Crippen LogP contribution is -2.40. The molecule has 0 aliphatic carbocycles. The van der Waals surface area contributed by atoms with Crippen LogP contribution in [0.2, 0.25) is 13.1 Å². The van der Waals surface area contributed by atoms with Crippen LogP contribution in [0.25, 0.3) is 0 Å². The van der Waals surface area contributed by atoms with E-state index in [-0.39, 0.29) is 0 Å². The minimum absolute atomic E-state index is 0.675. The second-order valence-corrected chi connectivity index (χ2v) is 11.7. The second kappa shape index (κ2) is 6.86. The molecule has 0 radical (unpaired) electrons. The zero-order chi connectivity index (χ0) is 16.3. The molecule has 1 aliphatic rings. The minimum Gasteiger partial charge on any atom is -0.295 e. The zero-order valence-corrected chi connectivity index (χ0v) is 15.5. The van der Waals surface area contributed by atoms with Crippen LogP contribution in [0.1, 0.15) is 12.5 Å². The van der Waals surface area contributed by atoms with Gasteiger partial charge in [-0.3, -0.25) is 4.90 Å². The highest BCUT2D eigenvalue weighted by Crippen LogP contribution is 2.25. The maximum Gasteiger partial charge on any atom is 0.104 e. The van der Waals surface area contributed by atoms with Gasteiger partial charge in [-0.15, -0.1) is 0 Å². The van der Waals surface area contributed by atoms with E-state index in [2.05, 4.69) is 91.3 Å². The molecule has 0 spiro atoms. The predicted molar refractivity (Wildman–Crippen MR) is 103 cm³/mol. The molecule has 2 heteroatoms. The summed E-state index contributed by atoms with van der Waals surface area (Å²) in [6.45, 7) is 10.7. The topological polar surface area (TPSA) is 3.24 Å². The maximum atomic E-state index is 2.64. The molecule has 2 aromatic rings. The SMILES string of the molecule is CC1CN(Cc2ccccc2)C/C1=C/[Si](C)(C)c1ccccc1. The van der Waals surface area contributed by atoms with E-state index in [1.165, 1.54) is 17.3 Å². The molecule has 1 fully saturated rings. The monoisotopic (exact) mass is 321 g/mol. The van der Waals surface area contributed by atoms with Gasteiger partial charge in [-0.2, -0.15) is 0 Å². The molecule has 0 amide bonds. The predicted octanol–water partition coefficient (Wildman–Crippen LogP) is 4.22. The Labute approximate surface area is 141 Å². The van der Waals surface area contributed by atoms with Gasteiger partial charge < -0.3 is 0 Å². The summed E-state index contributed by atoms with van der Waals surface area (Å²) in [6, 6.07) is 21.9. The van der Waals surface area contributed by atoms with E-state index in [1.807, 2.05) is 0 Å². The van der Waals surface area contributed by atoms with Crippen LogP contribution >= 0.6 is 0 Å². The largest absolute Gasteiger partial charge is 0.295 e. The van der Waals surface area contributed by atoms with E-state index in [1.54, 1.807) is 5.57 Å². The Balaban J connectivity index is 1.73. The van der Waals surface area contributed by atoms with Crippen LogP contribution in [0.4, 0.5) is 0 Å². The van der Waals surface area contributed by atoms with Crippen molar-refractivity contribution in [2.24, 2.45) is 5.92 Å². The van der Waals surface area contributed by atoms with E-state index in [9.17, 15) is 0 Å². The lowest BCUT2D eigenvalue weighted by Gasteiger charge is -2.21. The summed E-state index contributed by atoms with van der Waals surface area (Å²) in [5.41, 5.74) is 5.69. The summed E-state index contributed by atoms with van der Waals surface area (Å²) in [5.74, 6) is 0.675. The highest BCUT2D eigenvalue weighted by atomic mass is 28.3. The smallest absolute Gasteiger partial charge is 0.104 e. The van der Waals surface area contributed by atoms with Gasteiger partial charge in [0.05, 0.1) is 0 Å². The number of nitrogens with zero attached hydrogens (tertiary/aromatic N) is 1. The van der Waals surface area contributed by atoms with E-state index in [4.69, 9.17) is 0 Å². The van der Waals surface area contributed by atoms with Crippen molar-refractivity contribution in [3.63, 3.8) is 0 Å². The summed E-state index contributed by atoms with van der Waals surface area (Å²) in [7, 11) is -1.50. The van der Waals surface area contributed by atoms with Gasteiger partial charge in [0.1, 0.15) is 8.07 Å². The first-order chi connectivity index (χ1) is 11.0. The molecule has 1 aliphatic heterocycles. The molecule has 1 heterocycles. The minimum atomic E-state index is -1.50. The highest BCUT2D eigenvalue weighted by molar-refractivity contribution is 6.94. The van der Waals surface area contributed by atoms with Gasteiger partial charge in [-0.05, 0) is 11.5 Å². The van der Waals surface area contributed by atoms with Crippen molar-refractivity contribution in [3.05, 3.63) is 77.5 Å². The number of hydrogen-bond acceptors (Lipinski definition) is 1. The molecular weight excluding hydrogens is 294 g/mol. The first kappa shape index (κ1) is 16.2. The third-order valence-corrected chi connectivity index (χ3v) is 7.80. The van der Waals surface area contributed by atoms with Crippen molar-refractivity contribution < 1.29 is 0 Å². The standard InChI is InChI=1S/C21H27NSi/c1-18-14-22(15-19-10-6-4-7-11-19)16-20(18)17-23(2,3)21-12-8-5-9-13-21/h4-13,17-18H,14-16H2,1-3H3/b20-17-. The molecule has 2 aromatic carbocycles. The van der Waals surface area contributed by atoms with Gasteiger partial charge in [0, 0.05) is 19.6 Å². The Hall–Kier alpha value is -1.64. The Morgan fingerprint density at radius 2 is 1.61 bits per heavy atom. The van der Waals surface area contributed by atoms with Crippen molar-refractivity contribution in [1.82, 2.24) is 4.90 Å². The number of hydrogen-bond donors (Lipinski definition) is 0. The molecule has 120 valence electrons. The van der Waals surface area contributed by atoms with Gasteiger partial charge in [-0.25, -0.2) is 0 Å². The fourth-order valence-corrected chi connectivity index (χ4v) is 6.07. The Bertz CT molecular complexity index is 661. The lowest BCUT2D eigenvalue weighted by atomic mass is 10.1. The van der Waals surface area contributed by atoms with Crippen molar-refractivity contribution in [1.29, 1.82) is 0 Å². The van der Waals surface area contributed by atoms with Crippen molar-refractivity contribution in [2.45, 2.75) is 26.6 Å². The van der Waals surface area contributed by atoms with Crippen LogP contribution in [-0.4, -0.2) is 26.1 Å². The van der Waals surface area contributed by atoms with Gasteiger partial charge >= 0.3 is 0 Å². The lowest BCUT2D eigenvalue weighted by molar-refractivity contribution is 0.322. The molecule has 1 unspecified atom stereocenters. The first-order valence-electron chi connectivity index (χ1n) is 8.58. The van der Waals surface area contributed by atoms with Crippen molar-refractivity contribution in [2.75, 3.05) is 13.1 Å². The molecule has 0 N–H and O–H groups in total. The molecule has 0 aromatic heterocycles. The van der Waals surface area contributed by atoms with Crippen LogP contribution in [0, 0.1) is 5.92 Å².